The van der Waals surface area contributed by atoms with E-state index in [0.717, 1.165) is 18.4 Å². The number of carbonyl (C=O) groups excluding carboxylic acids is 1. The van der Waals surface area contributed by atoms with Crippen LogP contribution in [0, 0.1) is 6.92 Å². The van der Waals surface area contributed by atoms with Gasteiger partial charge in [0.2, 0.25) is 5.71 Å². The number of rotatable bonds is 5. The number of ether oxygens (including phenoxy) is 1. The Kier molecular flexibility index (Phi) is 5.25. The maximum Gasteiger partial charge on any atom is 0.262 e. The largest absolute Gasteiger partial charge is 0.442 e. The highest BCUT2D eigenvalue weighted by molar-refractivity contribution is 6.12. The molecule has 0 unspecified atom stereocenters. The molecular weight excluding hydrogens is 358 g/mol. The van der Waals surface area contributed by atoms with Crippen LogP contribution in [0.1, 0.15) is 53.8 Å². The Bertz CT molecular complexity index is 1050. The lowest BCUT2D eigenvalue weighted by Gasteiger charge is -2.22. The van der Waals surface area contributed by atoms with Gasteiger partial charge in [-0.1, -0.05) is 31.4 Å². The van der Waals surface area contributed by atoms with Crippen molar-refractivity contribution in [2.24, 2.45) is 0 Å². The van der Waals surface area contributed by atoms with E-state index < -0.39 is 11.5 Å². The molecule has 2 N–H and O–H groups in total. The monoisotopic (exact) mass is 381 g/mol. The van der Waals surface area contributed by atoms with Gasteiger partial charge < -0.3 is 19.5 Å². The smallest absolute Gasteiger partial charge is 0.262 e. The molecule has 7 heteroatoms. The Hall–Kier alpha value is -2.93. The van der Waals surface area contributed by atoms with Crippen LogP contribution in [0.15, 0.2) is 39.8 Å². The van der Waals surface area contributed by atoms with Gasteiger partial charge in [0.05, 0.1) is 24.6 Å². The van der Waals surface area contributed by atoms with E-state index in [-0.39, 0.29) is 16.7 Å². The number of furan rings is 1. The van der Waals surface area contributed by atoms with Crippen LogP contribution in [0.5, 0.6) is 0 Å². The molecule has 3 aromatic rings. The average molecular weight is 381 g/mol. The van der Waals surface area contributed by atoms with Crippen molar-refractivity contribution in [2.45, 2.75) is 51.7 Å². The number of aromatic amines is 1. The number of aromatic nitrogens is 2. The molecule has 2 aromatic heterocycles. The number of nitrogens with one attached hydrogen (secondary N) is 2. The van der Waals surface area contributed by atoms with E-state index in [0.29, 0.717) is 24.2 Å². The van der Waals surface area contributed by atoms with Crippen LogP contribution in [0.2, 0.25) is 0 Å². The molecule has 1 aromatic carbocycles. The van der Waals surface area contributed by atoms with Crippen LogP contribution < -0.4 is 10.9 Å². The summed E-state index contributed by atoms with van der Waals surface area (Å²) in [5.74, 6) is -0.0476. The molecule has 146 valence electrons. The fourth-order valence-electron chi connectivity index (χ4n) is 3.71. The fourth-order valence-corrected chi connectivity index (χ4v) is 3.71. The molecule has 2 heterocycles. The van der Waals surface area contributed by atoms with Crippen LogP contribution in [0.4, 0.5) is 5.69 Å². The normalized spacial score (nSPS) is 15.0. The van der Waals surface area contributed by atoms with E-state index in [1.54, 1.807) is 6.92 Å². The highest BCUT2D eigenvalue weighted by atomic mass is 16.5. The molecule has 0 bridgehead atoms. The van der Waals surface area contributed by atoms with E-state index in [9.17, 15) is 9.59 Å². The standard InChI is InChI=1S/C21H23N3O4/c1-13-17(18-19(25)22-12-23-21(18)28-13)20(26)24-15-7-5-6-14(10-15)11-27-16-8-3-2-4-9-16/h5-7,10,12,16H,2-4,8-9,11H2,1H3,(H,24,26)(H,22,23,25). The molecule has 1 saturated carbocycles. The van der Waals surface area contributed by atoms with E-state index >= 15 is 0 Å². The number of nitrogens with zero attached hydrogens (tertiary/aromatic N) is 1. The number of hydrogen-bond acceptors (Lipinski definition) is 5. The lowest BCUT2D eigenvalue weighted by molar-refractivity contribution is 0.0169. The summed E-state index contributed by atoms with van der Waals surface area (Å²) in [5.41, 5.74) is 1.59. The minimum atomic E-state index is -0.403. The summed E-state index contributed by atoms with van der Waals surface area (Å²) in [5, 5.41) is 3.01. The van der Waals surface area contributed by atoms with Crippen LogP contribution in [-0.4, -0.2) is 22.0 Å². The van der Waals surface area contributed by atoms with Crippen LogP contribution in [-0.2, 0) is 11.3 Å². The third kappa shape index (κ3) is 3.84. The molecule has 28 heavy (non-hydrogen) atoms. The second-order valence-corrected chi connectivity index (χ2v) is 7.17. The van der Waals surface area contributed by atoms with Gasteiger partial charge in [0.1, 0.15) is 11.1 Å². The van der Waals surface area contributed by atoms with E-state index in [1.165, 1.54) is 25.6 Å². The first-order chi connectivity index (χ1) is 13.6. The Morgan fingerprint density at radius 3 is 2.96 bits per heavy atom. The maximum absolute atomic E-state index is 12.8. The molecule has 1 aliphatic rings. The second kappa shape index (κ2) is 7.98. The summed E-state index contributed by atoms with van der Waals surface area (Å²) in [6, 6.07) is 7.55. The van der Waals surface area contributed by atoms with E-state index in [2.05, 4.69) is 15.3 Å². The third-order valence-corrected chi connectivity index (χ3v) is 5.12. The molecule has 0 atom stereocenters. The third-order valence-electron chi connectivity index (χ3n) is 5.12. The first kappa shape index (κ1) is 18.4. The summed E-state index contributed by atoms with van der Waals surface area (Å²) in [7, 11) is 0. The Balaban J connectivity index is 1.49. The van der Waals surface area contributed by atoms with Crippen molar-refractivity contribution in [3.63, 3.8) is 0 Å². The summed E-state index contributed by atoms with van der Waals surface area (Å²) < 4.78 is 11.5. The molecule has 0 saturated heterocycles. The Labute approximate surface area is 162 Å². The van der Waals surface area contributed by atoms with Crippen molar-refractivity contribution < 1.29 is 13.9 Å². The number of hydrogen-bond donors (Lipinski definition) is 2. The van der Waals surface area contributed by atoms with Gasteiger partial charge in [-0.25, -0.2) is 4.98 Å². The van der Waals surface area contributed by atoms with Crippen molar-refractivity contribution in [2.75, 3.05) is 5.32 Å². The Morgan fingerprint density at radius 2 is 2.14 bits per heavy atom. The van der Waals surface area contributed by atoms with Crippen molar-refractivity contribution in [1.29, 1.82) is 0 Å². The molecule has 0 spiro atoms. The summed E-state index contributed by atoms with van der Waals surface area (Å²) >= 11 is 0. The summed E-state index contributed by atoms with van der Waals surface area (Å²) in [6.07, 6.45) is 7.57. The molecule has 1 aliphatic carbocycles. The first-order valence-electron chi connectivity index (χ1n) is 9.60. The van der Waals surface area contributed by atoms with Gasteiger partial charge in [-0.05, 0) is 37.5 Å². The quantitative estimate of drug-likeness (QED) is 0.698. The zero-order valence-corrected chi connectivity index (χ0v) is 15.8. The molecular formula is C21H23N3O4. The van der Waals surface area contributed by atoms with Gasteiger partial charge in [-0.15, -0.1) is 0 Å². The predicted octanol–water partition coefficient (Wildman–Crippen LogP) is 3.93. The minimum absolute atomic E-state index is 0.154. The van der Waals surface area contributed by atoms with Gasteiger partial charge in [0.15, 0.2) is 0 Å². The number of carbonyl (C=O) groups is 1. The highest BCUT2D eigenvalue weighted by Crippen LogP contribution is 2.24. The van der Waals surface area contributed by atoms with Crippen LogP contribution >= 0.6 is 0 Å². The van der Waals surface area contributed by atoms with Crippen molar-refractivity contribution in [3.05, 3.63) is 57.8 Å². The zero-order chi connectivity index (χ0) is 19.5. The fraction of sp³-hybridized carbons (Fsp3) is 0.381. The number of anilines is 1. The Morgan fingerprint density at radius 1 is 1.32 bits per heavy atom. The van der Waals surface area contributed by atoms with Gasteiger partial charge in [0, 0.05) is 5.69 Å². The van der Waals surface area contributed by atoms with Gasteiger partial charge in [-0.3, -0.25) is 9.59 Å². The highest BCUT2D eigenvalue weighted by Gasteiger charge is 2.22. The average Bonchev–Trinajstić information content (AvgIpc) is 3.05. The lowest BCUT2D eigenvalue weighted by atomic mass is 9.98. The molecule has 4 rings (SSSR count). The van der Waals surface area contributed by atoms with Gasteiger partial charge >= 0.3 is 0 Å². The zero-order valence-electron chi connectivity index (χ0n) is 15.8. The number of amides is 1. The summed E-state index contributed by atoms with van der Waals surface area (Å²) in [6.45, 7) is 2.16. The lowest BCUT2D eigenvalue weighted by Crippen LogP contribution is -2.17. The van der Waals surface area contributed by atoms with Crippen molar-refractivity contribution >= 4 is 22.7 Å². The maximum atomic E-state index is 12.8. The van der Waals surface area contributed by atoms with Crippen molar-refractivity contribution in [1.82, 2.24) is 9.97 Å². The van der Waals surface area contributed by atoms with Gasteiger partial charge in [-0.2, -0.15) is 0 Å². The van der Waals surface area contributed by atoms with Crippen LogP contribution in [0.25, 0.3) is 11.1 Å². The molecule has 1 fully saturated rings. The molecule has 7 nitrogen and oxygen atoms in total. The van der Waals surface area contributed by atoms with E-state index in [1.807, 2.05) is 24.3 Å². The minimum Gasteiger partial charge on any atom is -0.442 e. The number of benzene rings is 1. The number of fused-ring (bicyclic) bond motifs is 1. The number of H-pyrrole nitrogens is 1. The SMILES string of the molecule is Cc1oc2nc[nH]c(=O)c2c1C(=O)Nc1cccc(COC2CCCCC2)c1. The number of aryl methyl sites for hydroxylation is 1. The van der Waals surface area contributed by atoms with Crippen molar-refractivity contribution in [3.8, 4) is 0 Å². The molecule has 0 radical (unpaired) electrons. The summed E-state index contributed by atoms with van der Waals surface area (Å²) in [4.78, 5) is 31.4. The molecule has 1 amide bonds. The van der Waals surface area contributed by atoms with Gasteiger partial charge in [0.25, 0.3) is 11.5 Å². The molecule has 0 aliphatic heterocycles. The first-order valence-corrected chi connectivity index (χ1v) is 9.60. The van der Waals surface area contributed by atoms with E-state index in [4.69, 9.17) is 9.15 Å². The predicted molar refractivity (Wildman–Crippen MR) is 105 cm³/mol. The second-order valence-electron chi connectivity index (χ2n) is 7.17. The topological polar surface area (TPSA) is 97.2 Å². The van der Waals surface area contributed by atoms with Crippen LogP contribution in [0.3, 0.4) is 0 Å².